The summed E-state index contributed by atoms with van der Waals surface area (Å²) >= 11 is 0. The Hall–Kier alpha value is -3.39. The molecule has 3 unspecified atom stereocenters. The van der Waals surface area contributed by atoms with Gasteiger partial charge in [0.15, 0.2) is 0 Å². The Kier molecular flexibility index (Phi) is 14.5. The Morgan fingerprint density at radius 3 is 2.14 bits per heavy atom. The summed E-state index contributed by atoms with van der Waals surface area (Å²) in [7, 11) is 1.05. The number of methoxy groups -OCH3 is 1. The van der Waals surface area contributed by atoms with Gasteiger partial charge in [0.1, 0.15) is 0 Å². The molecule has 42 heavy (non-hydrogen) atoms. The van der Waals surface area contributed by atoms with Gasteiger partial charge in [0.2, 0.25) is 5.91 Å². The van der Waals surface area contributed by atoms with Crippen molar-refractivity contribution in [3.63, 3.8) is 0 Å². The van der Waals surface area contributed by atoms with E-state index < -0.39 is 54.3 Å². The van der Waals surface area contributed by atoms with Crippen LogP contribution in [0.5, 0.6) is 0 Å². The van der Waals surface area contributed by atoms with Gasteiger partial charge in [-0.3, -0.25) is 9.59 Å². The molecule has 232 valence electrons. The summed E-state index contributed by atoms with van der Waals surface area (Å²) in [6.07, 6.45) is -3.66. The molecule has 0 fully saturated rings. The van der Waals surface area contributed by atoms with Gasteiger partial charge in [-0.2, -0.15) is 0 Å². The Bertz CT molecular complexity index is 1120. The predicted molar refractivity (Wildman–Crippen MR) is 155 cm³/mol. The van der Waals surface area contributed by atoms with Crippen LogP contribution in [0.15, 0.2) is 54.6 Å². The lowest BCUT2D eigenvalue weighted by Crippen LogP contribution is -2.53. The van der Waals surface area contributed by atoms with E-state index in [-0.39, 0.29) is 19.6 Å². The number of aliphatic hydroxyl groups is 4. The number of hydrogen-bond acceptors (Lipinski definition) is 10. The minimum absolute atomic E-state index is 0.0147. The van der Waals surface area contributed by atoms with Gasteiger partial charge >= 0.3 is 5.97 Å². The Morgan fingerprint density at radius 2 is 1.55 bits per heavy atom. The standard InChI is InChI=1S/C30H43N3O9/c1-20(34)33-24(26(36)18-30(40,29(39)41-2)42-16-8-4-7-15-31)17-25(35)27(37)19-32-28(38)23-13-11-22(12-14-23)21-9-5-3-6-10-21/h3,5-6,9-14,24-27,35-37,40H,4,7-8,15-19,31H2,1-2H3,(H,32,38)(H,33,34)/t24?,25-,26?,27-,30?/m1/s1. The zero-order valence-corrected chi connectivity index (χ0v) is 24.1. The average Bonchev–Trinajstić information content (AvgIpc) is 2.98. The number of ether oxygens (including phenoxy) is 2. The summed E-state index contributed by atoms with van der Waals surface area (Å²) in [5, 5.41) is 47.8. The van der Waals surface area contributed by atoms with Crippen LogP contribution in [0.2, 0.25) is 0 Å². The summed E-state index contributed by atoms with van der Waals surface area (Å²) in [5.41, 5.74) is 7.74. The second-order valence-corrected chi connectivity index (χ2v) is 10.1. The highest BCUT2D eigenvalue weighted by molar-refractivity contribution is 5.94. The molecule has 2 amide bonds. The number of carbonyl (C=O) groups is 3. The van der Waals surface area contributed by atoms with Gasteiger partial charge in [0.25, 0.3) is 11.7 Å². The lowest BCUT2D eigenvalue weighted by molar-refractivity contribution is -0.236. The first kappa shape index (κ1) is 34.8. The molecule has 2 rings (SSSR count). The van der Waals surface area contributed by atoms with Crippen LogP contribution in [-0.2, 0) is 19.1 Å². The van der Waals surface area contributed by atoms with Gasteiger partial charge in [-0.15, -0.1) is 0 Å². The lowest BCUT2D eigenvalue weighted by Gasteiger charge is -2.32. The predicted octanol–water partition coefficient (Wildman–Crippen LogP) is 0.458. The molecular formula is C30H43N3O9. The quantitative estimate of drug-likeness (QED) is 0.0728. The summed E-state index contributed by atoms with van der Waals surface area (Å²) < 4.78 is 9.99. The molecule has 12 nitrogen and oxygen atoms in total. The largest absolute Gasteiger partial charge is 0.465 e. The van der Waals surface area contributed by atoms with Crippen LogP contribution in [0.1, 0.15) is 49.4 Å². The molecule has 0 bridgehead atoms. The lowest BCUT2D eigenvalue weighted by atomic mass is 9.95. The van der Waals surface area contributed by atoms with Crippen LogP contribution in [0.4, 0.5) is 0 Å². The van der Waals surface area contributed by atoms with E-state index in [2.05, 4.69) is 15.4 Å². The molecule has 0 saturated heterocycles. The molecule has 8 N–H and O–H groups in total. The highest BCUT2D eigenvalue weighted by atomic mass is 16.7. The third kappa shape index (κ3) is 11.1. The Morgan fingerprint density at radius 1 is 0.905 bits per heavy atom. The number of hydrogen-bond donors (Lipinski definition) is 7. The van der Waals surface area contributed by atoms with Gasteiger partial charge in [-0.05, 0) is 55.5 Å². The van der Waals surface area contributed by atoms with E-state index >= 15 is 0 Å². The van der Waals surface area contributed by atoms with E-state index in [1.165, 1.54) is 6.92 Å². The molecule has 0 radical (unpaired) electrons. The maximum absolute atomic E-state index is 12.6. The fourth-order valence-corrected chi connectivity index (χ4v) is 4.32. The Labute approximate surface area is 245 Å². The Balaban J connectivity index is 1.97. The van der Waals surface area contributed by atoms with E-state index in [4.69, 9.17) is 10.5 Å². The second kappa shape index (κ2) is 17.5. The van der Waals surface area contributed by atoms with E-state index in [0.717, 1.165) is 24.7 Å². The van der Waals surface area contributed by atoms with Crippen molar-refractivity contribution in [1.29, 1.82) is 0 Å². The fraction of sp³-hybridized carbons (Fsp3) is 0.500. The van der Waals surface area contributed by atoms with Crippen LogP contribution < -0.4 is 16.4 Å². The average molecular weight is 590 g/mol. The monoisotopic (exact) mass is 589 g/mol. The zero-order valence-electron chi connectivity index (χ0n) is 24.1. The fourth-order valence-electron chi connectivity index (χ4n) is 4.32. The van der Waals surface area contributed by atoms with Crippen molar-refractivity contribution in [3.05, 3.63) is 60.2 Å². The normalized spacial score (nSPS) is 15.5. The van der Waals surface area contributed by atoms with Crippen LogP contribution in [0.3, 0.4) is 0 Å². The molecular weight excluding hydrogens is 546 g/mol. The van der Waals surface area contributed by atoms with Crippen molar-refractivity contribution in [3.8, 4) is 11.1 Å². The van der Waals surface area contributed by atoms with E-state index in [1.54, 1.807) is 24.3 Å². The third-order valence-electron chi connectivity index (χ3n) is 6.70. The number of rotatable bonds is 18. The highest BCUT2D eigenvalue weighted by Crippen LogP contribution is 2.22. The van der Waals surface area contributed by atoms with Gasteiger partial charge in [-0.25, -0.2) is 4.79 Å². The minimum Gasteiger partial charge on any atom is -0.465 e. The smallest absolute Gasteiger partial charge is 0.366 e. The summed E-state index contributed by atoms with van der Waals surface area (Å²) in [6, 6.07) is 15.3. The van der Waals surface area contributed by atoms with Gasteiger partial charge < -0.3 is 46.3 Å². The molecule has 5 atom stereocenters. The molecule has 2 aromatic rings. The van der Waals surface area contributed by atoms with Crippen molar-refractivity contribution < 1.29 is 44.3 Å². The molecule has 2 aromatic carbocycles. The minimum atomic E-state index is -2.51. The first-order valence-electron chi connectivity index (χ1n) is 13.9. The van der Waals surface area contributed by atoms with Gasteiger partial charge in [0, 0.05) is 25.5 Å². The number of carbonyl (C=O) groups excluding carboxylic acids is 3. The SMILES string of the molecule is COC(=O)C(O)(CC(O)C(C[C@@H](O)[C@H](O)CNC(=O)c1ccc(-c2ccccc2)cc1)NC(C)=O)OCCCCCN. The number of nitrogens with one attached hydrogen (secondary N) is 2. The van der Waals surface area contributed by atoms with Gasteiger partial charge in [-0.1, -0.05) is 42.5 Å². The summed E-state index contributed by atoms with van der Waals surface area (Å²) in [6.45, 7) is 1.34. The van der Waals surface area contributed by atoms with Crippen LogP contribution in [0.25, 0.3) is 11.1 Å². The van der Waals surface area contributed by atoms with Gasteiger partial charge in [0.05, 0.1) is 38.1 Å². The van der Waals surface area contributed by atoms with Crippen LogP contribution in [-0.4, -0.2) is 95.2 Å². The molecule has 0 aliphatic heterocycles. The van der Waals surface area contributed by atoms with E-state index in [1.807, 2.05) is 30.3 Å². The molecule has 0 aromatic heterocycles. The second-order valence-electron chi connectivity index (χ2n) is 10.1. The maximum atomic E-state index is 12.6. The number of unbranched alkanes of at least 4 members (excludes halogenated alkanes) is 2. The molecule has 0 aliphatic carbocycles. The van der Waals surface area contributed by atoms with Crippen molar-refractivity contribution in [1.82, 2.24) is 10.6 Å². The number of nitrogens with two attached hydrogens (primary N) is 1. The third-order valence-corrected chi connectivity index (χ3v) is 6.70. The van der Waals surface area contributed by atoms with Crippen LogP contribution >= 0.6 is 0 Å². The maximum Gasteiger partial charge on any atom is 0.366 e. The summed E-state index contributed by atoms with van der Waals surface area (Å²) in [5.74, 6) is -4.67. The molecule has 0 saturated carbocycles. The first-order valence-corrected chi connectivity index (χ1v) is 13.9. The van der Waals surface area contributed by atoms with Crippen molar-refractivity contribution in [2.45, 2.75) is 69.2 Å². The molecule has 0 spiro atoms. The number of benzene rings is 2. The van der Waals surface area contributed by atoms with Crippen molar-refractivity contribution in [2.75, 3.05) is 26.8 Å². The zero-order chi connectivity index (χ0) is 31.1. The highest BCUT2D eigenvalue weighted by Gasteiger charge is 2.43. The van der Waals surface area contributed by atoms with Crippen LogP contribution in [0, 0.1) is 0 Å². The summed E-state index contributed by atoms with van der Waals surface area (Å²) in [4.78, 5) is 36.7. The van der Waals surface area contributed by atoms with E-state index in [9.17, 15) is 34.8 Å². The number of esters is 1. The number of aliphatic hydroxyl groups excluding tert-OH is 3. The topological polar surface area (TPSA) is 201 Å². The molecule has 0 heterocycles. The molecule has 12 heteroatoms. The first-order chi connectivity index (χ1) is 20.0. The van der Waals surface area contributed by atoms with Crippen molar-refractivity contribution in [2.24, 2.45) is 5.73 Å². The van der Waals surface area contributed by atoms with Crippen molar-refractivity contribution >= 4 is 17.8 Å². The number of amides is 2. The van der Waals surface area contributed by atoms with E-state index in [0.29, 0.717) is 24.9 Å². The molecule has 0 aliphatic rings.